The number of pyridine rings is 1. The summed E-state index contributed by atoms with van der Waals surface area (Å²) in [5.41, 5.74) is 4.66. The lowest BCUT2D eigenvalue weighted by atomic mass is 9.83. The number of halogens is 1. The van der Waals surface area contributed by atoms with Crippen molar-refractivity contribution in [3.05, 3.63) is 63.7 Å². The fourth-order valence-corrected chi connectivity index (χ4v) is 6.40. The molecule has 43 heavy (non-hydrogen) atoms. The maximum atomic E-state index is 13.2. The van der Waals surface area contributed by atoms with Crippen LogP contribution in [0.15, 0.2) is 41.5 Å². The van der Waals surface area contributed by atoms with Crippen LogP contribution in [0, 0.1) is 18.3 Å². The van der Waals surface area contributed by atoms with Gasteiger partial charge >= 0.3 is 0 Å². The fraction of sp³-hybridized carbons (Fsp3) is 0.500. The van der Waals surface area contributed by atoms with Crippen molar-refractivity contribution < 1.29 is 8.82 Å². The van der Waals surface area contributed by atoms with Gasteiger partial charge < -0.3 is 19.6 Å². The first-order valence-electron chi connectivity index (χ1n) is 14.8. The van der Waals surface area contributed by atoms with Crippen molar-refractivity contribution in [2.45, 2.75) is 70.9 Å². The Morgan fingerprint density at radius 3 is 2.67 bits per heavy atom. The van der Waals surface area contributed by atoms with E-state index in [4.69, 9.17) is 9.41 Å². The number of benzene rings is 1. The van der Waals surface area contributed by atoms with Gasteiger partial charge in [0.1, 0.15) is 17.9 Å². The van der Waals surface area contributed by atoms with Crippen molar-refractivity contribution in [2.24, 2.45) is 0 Å². The van der Waals surface area contributed by atoms with E-state index < -0.39 is 14.5 Å². The molecular formula is C32H42FN7O2Si. The molecule has 4 heterocycles. The molecule has 0 aliphatic carbocycles. The van der Waals surface area contributed by atoms with E-state index in [0.717, 1.165) is 22.4 Å². The normalized spacial score (nSPS) is 19.0. The van der Waals surface area contributed by atoms with Crippen LogP contribution in [0.4, 0.5) is 21.7 Å². The van der Waals surface area contributed by atoms with Gasteiger partial charge in [0.15, 0.2) is 8.32 Å². The van der Waals surface area contributed by atoms with Crippen LogP contribution in [0.1, 0.15) is 44.4 Å². The van der Waals surface area contributed by atoms with Gasteiger partial charge in [-0.25, -0.2) is 14.4 Å². The summed E-state index contributed by atoms with van der Waals surface area (Å²) < 4.78 is 21.5. The van der Waals surface area contributed by atoms with Gasteiger partial charge in [0.05, 0.1) is 16.9 Å². The van der Waals surface area contributed by atoms with E-state index >= 15 is 0 Å². The molecule has 1 aromatic carbocycles. The minimum Gasteiger partial charge on any atom is -0.416 e. The minimum absolute atomic E-state index is 0.0935. The lowest BCUT2D eigenvalue weighted by Gasteiger charge is -2.39. The van der Waals surface area contributed by atoms with E-state index in [9.17, 15) is 14.4 Å². The highest BCUT2D eigenvalue weighted by Gasteiger charge is 2.42. The van der Waals surface area contributed by atoms with Crippen LogP contribution in [-0.4, -0.2) is 66.7 Å². The van der Waals surface area contributed by atoms with Gasteiger partial charge in [-0.2, -0.15) is 5.26 Å². The van der Waals surface area contributed by atoms with Crippen LogP contribution < -0.4 is 16.2 Å². The molecule has 0 radical (unpaired) electrons. The predicted molar refractivity (Wildman–Crippen MR) is 171 cm³/mol. The molecule has 5 rings (SSSR count). The lowest BCUT2D eigenvalue weighted by Crippen LogP contribution is -2.49. The number of likely N-dealkylation sites (tertiary alicyclic amines) is 1. The SMILES string of the molecule is Cc1cc(Nc2nccc(-c3cc(C#N)c4c(c3)[C@@](C)(CO[Si](C)(C)C(C)(C)C)CN4)n2)c(=O)n(CCN2CC(F)C2)c1. The smallest absolute Gasteiger partial charge is 0.274 e. The molecular weight excluding hydrogens is 561 g/mol. The van der Waals surface area contributed by atoms with E-state index in [1.165, 1.54) is 0 Å². The summed E-state index contributed by atoms with van der Waals surface area (Å²) in [5.74, 6) is 0.288. The van der Waals surface area contributed by atoms with Crippen LogP contribution in [-0.2, 0) is 16.4 Å². The number of fused-ring (bicyclic) bond motifs is 1. The number of hydrogen-bond acceptors (Lipinski definition) is 8. The highest BCUT2D eigenvalue weighted by atomic mass is 28.4. The van der Waals surface area contributed by atoms with Crippen LogP contribution >= 0.6 is 0 Å². The number of aryl methyl sites for hydroxylation is 1. The van der Waals surface area contributed by atoms with Crippen LogP contribution in [0.3, 0.4) is 0 Å². The number of anilines is 3. The van der Waals surface area contributed by atoms with Crippen molar-refractivity contribution in [3.63, 3.8) is 0 Å². The molecule has 2 aliphatic rings. The number of aromatic nitrogens is 3. The summed E-state index contributed by atoms with van der Waals surface area (Å²) in [6.45, 7) is 18.5. The summed E-state index contributed by atoms with van der Waals surface area (Å²) in [6, 6.07) is 9.87. The minimum atomic E-state index is -1.98. The maximum absolute atomic E-state index is 13.2. The molecule has 0 saturated carbocycles. The molecule has 1 atom stereocenters. The van der Waals surface area contributed by atoms with Gasteiger partial charge in [0.2, 0.25) is 5.95 Å². The van der Waals surface area contributed by atoms with Gasteiger partial charge in [-0.15, -0.1) is 0 Å². The number of rotatable bonds is 9. The zero-order valence-corrected chi connectivity index (χ0v) is 27.2. The van der Waals surface area contributed by atoms with Crippen LogP contribution in [0.25, 0.3) is 11.3 Å². The number of nitriles is 1. The van der Waals surface area contributed by atoms with Gasteiger partial charge in [-0.1, -0.05) is 27.7 Å². The van der Waals surface area contributed by atoms with E-state index in [1.54, 1.807) is 22.9 Å². The highest BCUT2D eigenvalue weighted by Crippen LogP contribution is 2.44. The second-order valence-corrected chi connectivity index (χ2v) is 18.5. The zero-order chi connectivity index (χ0) is 31.2. The standard InChI is InChI=1S/C32H42FN7O2Si/c1-21-12-27(29(41)40(16-21)11-10-39-17-24(33)18-39)38-30-35-9-8-26(37-30)22-13-23(15-34)28-25(14-22)32(5,19-36-28)20-42-43(6,7)31(2,3)4/h8-9,12-14,16,24,36H,10-11,17-20H2,1-7H3,(H,35,37,38)/t32-/m1/s1. The highest BCUT2D eigenvalue weighted by molar-refractivity contribution is 6.74. The molecule has 0 amide bonds. The lowest BCUT2D eigenvalue weighted by molar-refractivity contribution is 0.0626. The molecule has 0 bridgehead atoms. The van der Waals surface area contributed by atoms with Crippen molar-refractivity contribution in [1.82, 2.24) is 19.4 Å². The number of nitrogens with one attached hydrogen (secondary N) is 2. The summed E-state index contributed by atoms with van der Waals surface area (Å²) >= 11 is 0. The molecule has 9 nitrogen and oxygen atoms in total. The van der Waals surface area contributed by atoms with Crippen LogP contribution in [0.2, 0.25) is 18.1 Å². The molecule has 2 aromatic heterocycles. The Morgan fingerprint density at radius 1 is 1.26 bits per heavy atom. The maximum Gasteiger partial charge on any atom is 0.274 e. The van der Waals surface area contributed by atoms with E-state index in [0.29, 0.717) is 56.3 Å². The van der Waals surface area contributed by atoms with Crippen molar-refractivity contribution in [1.29, 1.82) is 5.26 Å². The Morgan fingerprint density at radius 2 is 2.00 bits per heavy atom. The van der Waals surface area contributed by atoms with E-state index in [1.807, 2.05) is 24.1 Å². The number of nitrogens with zero attached hydrogens (tertiary/aromatic N) is 5. The second-order valence-electron chi connectivity index (χ2n) is 13.7. The topological polar surface area (TPSA) is 108 Å². The molecule has 1 fully saturated rings. The Hall–Kier alpha value is -3.59. The average molecular weight is 604 g/mol. The predicted octanol–water partition coefficient (Wildman–Crippen LogP) is 5.59. The summed E-state index contributed by atoms with van der Waals surface area (Å²) in [5, 5.41) is 16.7. The number of alkyl halides is 1. The van der Waals surface area contributed by atoms with Gasteiger partial charge in [0.25, 0.3) is 5.56 Å². The zero-order valence-electron chi connectivity index (χ0n) is 26.2. The third kappa shape index (κ3) is 6.37. The first-order valence-corrected chi connectivity index (χ1v) is 17.7. The Balaban J connectivity index is 1.41. The van der Waals surface area contributed by atoms with Crippen molar-refractivity contribution in [2.75, 3.05) is 43.4 Å². The second kappa shape index (κ2) is 11.5. The first kappa shape index (κ1) is 30.9. The monoisotopic (exact) mass is 603 g/mol. The summed E-state index contributed by atoms with van der Waals surface area (Å²) in [7, 11) is -1.98. The van der Waals surface area contributed by atoms with E-state index in [2.05, 4.69) is 68.5 Å². The Labute approximate surface area is 254 Å². The number of hydrogen-bond donors (Lipinski definition) is 2. The molecule has 2 N–H and O–H groups in total. The Bertz CT molecular complexity index is 1620. The average Bonchev–Trinajstić information content (AvgIpc) is 3.27. The third-order valence-corrected chi connectivity index (χ3v) is 13.6. The molecule has 0 spiro atoms. The molecule has 3 aromatic rings. The third-order valence-electron chi connectivity index (χ3n) is 9.11. The largest absolute Gasteiger partial charge is 0.416 e. The van der Waals surface area contributed by atoms with E-state index in [-0.39, 0.29) is 22.0 Å². The summed E-state index contributed by atoms with van der Waals surface area (Å²) in [4.78, 5) is 24.3. The fourth-order valence-electron chi connectivity index (χ4n) is 5.29. The van der Waals surface area contributed by atoms with Crippen molar-refractivity contribution >= 4 is 25.6 Å². The summed E-state index contributed by atoms with van der Waals surface area (Å²) in [6.07, 6.45) is 2.69. The van der Waals surface area contributed by atoms with Gasteiger partial charge in [0, 0.05) is 62.7 Å². The first-order chi connectivity index (χ1) is 20.2. The van der Waals surface area contributed by atoms with Gasteiger partial charge in [-0.05, 0) is 60.4 Å². The van der Waals surface area contributed by atoms with Gasteiger partial charge in [-0.3, -0.25) is 9.69 Å². The molecule has 2 aliphatic heterocycles. The quantitative estimate of drug-likeness (QED) is 0.305. The Kier molecular flexibility index (Phi) is 8.24. The molecule has 1 saturated heterocycles. The van der Waals surface area contributed by atoms with Crippen molar-refractivity contribution in [3.8, 4) is 17.3 Å². The van der Waals surface area contributed by atoms with Crippen LogP contribution in [0.5, 0.6) is 0 Å². The molecule has 0 unspecified atom stereocenters. The molecule has 228 valence electrons. The molecule has 11 heteroatoms.